The fourth-order valence-electron chi connectivity index (χ4n) is 4.49. The molecule has 2 saturated heterocycles. The van der Waals surface area contributed by atoms with Gasteiger partial charge in [0.1, 0.15) is 5.82 Å². The molecule has 8 heteroatoms. The number of nitrogens with zero attached hydrogens (tertiary/aromatic N) is 3. The first kappa shape index (κ1) is 19.8. The van der Waals surface area contributed by atoms with Crippen molar-refractivity contribution in [3.63, 3.8) is 0 Å². The Bertz CT molecular complexity index is 809. The minimum atomic E-state index is -0.586. The van der Waals surface area contributed by atoms with E-state index in [0.29, 0.717) is 37.4 Å². The quantitative estimate of drug-likeness (QED) is 0.830. The molecule has 3 aliphatic rings. The first-order valence-electron chi connectivity index (χ1n) is 10.4. The van der Waals surface area contributed by atoms with Crippen molar-refractivity contribution in [3.8, 4) is 0 Å². The number of benzene rings is 1. The molecule has 0 aromatic heterocycles. The maximum Gasteiger partial charge on any atom is 0.236 e. The summed E-state index contributed by atoms with van der Waals surface area (Å²) in [5, 5.41) is 2.66. The third-order valence-corrected chi connectivity index (χ3v) is 6.07. The van der Waals surface area contributed by atoms with Gasteiger partial charge in [-0.2, -0.15) is 0 Å². The van der Waals surface area contributed by atoms with Crippen molar-refractivity contribution in [1.29, 1.82) is 0 Å². The summed E-state index contributed by atoms with van der Waals surface area (Å²) in [6.45, 7) is 4.64. The third kappa shape index (κ3) is 4.42. The second-order valence-corrected chi connectivity index (χ2v) is 8.08. The highest BCUT2D eigenvalue weighted by molar-refractivity contribution is 6.01. The zero-order chi connectivity index (χ0) is 20.4. The van der Waals surface area contributed by atoms with Gasteiger partial charge in [-0.25, -0.2) is 4.39 Å². The van der Waals surface area contributed by atoms with Crippen LogP contribution in [0, 0.1) is 5.82 Å². The predicted octanol–water partition coefficient (Wildman–Crippen LogP) is 1.41. The highest BCUT2D eigenvalue weighted by Gasteiger charge is 2.34. The molecule has 0 spiro atoms. The number of carbonyl (C=O) groups excluding carboxylic acids is 3. The summed E-state index contributed by atoms with van der Waals surface area (Å²) in [6, 6.07) is 4.18. The predicted molar refractivity (Wildman–Crippen MR) is 106 cm³/mol. The molecule has 1 aromatic carbocycles. The number of anilines is 1. The van der Waals surface area contributed by atoms with E-state index >= 15 is 0 Å². The second kappa shape index (κ2) is 8.49. The molecule has 2 fully saturated rings. The number of nitrogens with one attached hydrogen (secondary N) is 1. The Labute approximate surface area is 169 Å². The van der Waals surface area contributed by atoms with Gasteiger partial charge in [0.15, 0.2) is 0 Å². The third-order valence-electron chi connectivity index (χ3n) is 6.07. The van der Waals surface area contributed by atoms with Gasteiger partial charge in [-0.15, -0.1) is 0 Å². The molecule has 156 valence electrons. The summed E-state index contributed by atoms with van der Waals surface area (Å²) in [4.78, 5) is 43.5. The zero-order valence-electron chi connectivity index (χ0n) is 16.5. The van der Waals surface area contributed by atoms with E-state index in [1.54, 1.807) is 11.0 Å². The van der Waals surface area contributed by atoms with Crippen LogP contribution in [0.4, 0.5) is 10.1 Å². The molecule has 1 atom stereocenters. The van der Waals surface area contributed by atoms with Crippen LogP contribution in [0.25, 0.3) is 0 Å². The molecule has 3 amide bonds. The molecule has 3 heterocycles. The molecule has 0 radical (unpaired) electrons. The highest BCUT2D eigenvalue weighted by Crippen LogP contribution is 2.34. The Morgan fingerprint density at radius 3 is 2.55 bits per heavy atom. The van der Waals surface area contributed by atoms with Crippen LogP contribution in [0.2, 0.25) is 0 Å². The topological polar surface area (TPSA) is 73.0 Å². The number of amides is 3. The number of carbonyl (C=O) groups is 3. The van der Waals surface area contributed by atoms with E-state index in [-0.39, 0.29) is 24.1 Å². The molecule has 0 aliphatic carbocycles. The lowest BCUT2D eigenvalue weighted by molar-refractivity contribution is -0.134. The van der Waals surface area contributed by atoms with Crippen molar-refractivity contribution in [2.45, 2.75) is 31.6 Å². The van der Waals surface area contributed by atoms with Crippen LogP contribution < -0.4 is 5.32 Å². The minimum Gasteiger partial charge on any atom is -0.342 e. The smallest absolute Gasteiger partial charge is 0.236 e. The summed E-state index contributed by atoms with van der Waals surface area (Å²) < 4.78 is 13.5. The summed E-state index contributed by atoms with van der Waals surface area (Å²) in [7, 11) is 0. The van der Waals surface area contributed by atoms with E-state index in [1.807, 2.05) is 4.90 Å². The number of rotatable bonds is 3. The molecule has 1 aromatic rings. The zero-order valence-corrected chi connectivity index (χ0v) is 16.5. The van der Waals surface area contributed by atoms with Crippen LogP contribution in [0.5, 0.6) is 0 Å². The fraction of sp³-hybridized carbons (Fsp3) is 0.571. The first-order valence-corrected chi connectivity index (χ1v) is 10.4. The van der Waals surface area contributed by atoms with Crippen LogP contribution in [0.15, 0.2) is 18.2 Å². The van der Waals surface area contributed by atoms with Crippen molar-refractivity contribution in [2.24, 2.45) is 0 Å². The number of halogens is 1. The number of hydrogen-bond acceptors (Lipinski definition) is 4. The van der Waals surface area contributed by atoms with Crippen LogP contribution >= 0.6 is 0 Å². The van der Waals surface area contributed by atoms with Gasteiger partial charge >= 0.3 is 0 Å². The Balaban J connectivity index is 1.40. The average molecular weight is 402 g/mol. The molecule has 29 heavy (non-hydrogen) atoms. The average Bonchev–Trinajstić information content (AvgIpc) is 3.14. The number of hydrogen-bond donors (Lipinski definition) is 1. The lowest BCUT2D eigenvalue weighted by Crippen LogP contribution is -2.42. The molecule has 1 unspecified atom stereocenters. The van der Waals surface area contributed by atoms with Gasteiger partial charge < -0.3 is 15.1 Å². The maximum atomic E-state index is 13.5. The molecule has 1 N–H and O–H groups in total. The Morgan fingerprint density at radius 2 is 1.76 bits per heavy atom. The minimum absolute atomic E-state index is 0.0745. The molecule has 0 saturated carbocycles. The molecular weight excluding hydrogens is 375 g/mol. The SMILES string of the molecule is O=C1CC(C(=O)N2CCCN(CC(=O)N3CCCC3)CC2)c2ccc(F)cc2N1. The van der Waals surface area contributed by atoms with E-state index in [0.717, 1.165) is 38.9 Å². The van der Waals surface area contributed by atoms with Crippen molar-refractivity contribution in [2.75, 3.05) is 51.1 Å². The van der Waals surface area contributed by atoms with Crippen molar-refractivity contribution < 1.29 is 18.8 Å². The van der Waals surface area contributed by atoms with Gasteiger partial charge in [0.2, 0.25) is 17.7 Å². The fourth-order valence-corrected chi connectivity index (χ4v) is 4.49. The first-order chi connectivity index (χ1) is 14.0. The van der Waals surface area contributed by atoms with Crippen molar-refractivity contribution in [1.82, 2.24) is 14.7 Å². The summed E-state index contributed by atoms with van der Waals surface area (Å²) >= 11 is 0. The van der Waals surface area contributed by atoms with Crippen LogP contribution in [0.3, 0.4) is 0 Å². The van der Waals surface area contributed by atoms with Crippen molar-refractivity contribution >= 4 is 23.4 Å². The lowest BCUT2D eigenvalue weighted by Gasteiger charge is -2.30. The Hall–Kier alpha value is -2.48. The lowest BCUT2D eigenvalue weighted by atomic mass is 9.89. The molecule has 0 bridgehead atoms. The van der Waals surface area contributed by atoms with E-state index in [1.165, 1.54) is 12.1 Å². The second-order valence-electron chi connectivity index (χ2n) is 8.08. The van der Waals surface area contributed by atoms with E-state index < -0.39 is 11.7 Å². The van der Waals surface area contributed by atoms with E-state index in [2.05, 4.69) is 10.2 Å². The van der Waals surface area contributed by atoms with Gasteiger partial charge in [0.25, 0.3) is 0 Å². The molecule has 4 rings (SSSR count). The van der Waals surface area contributed by atoms with Gasteiger partial charge in [-0.05, 0) is 37.0 Å². The Kier molecular flexibility index (Phi) is 5.80. The van der Waals surface area contributed by atoms with Crippen LogP contribution in [-0.2, 0) is 14.4 Å². The van der Waals surface area contributed by atoms with Crippen LogP contribution in [-0.4, -0.2) is 78.2 Å². The van der Waals surface area contributed by atoms with E-state index in [9.17, 15) is 18.8 Å². The maximum absolute atomic E-state index is 13.5. The van der Waals surface area contributed by atoms with E-state index in [4.69, 9.17) is 0 Å². The largest absolute Gasteiger partial charge is 0.342 e. The van der Waals surface area contributed by atoms with Gasteiger partial charge in [-0.3, -0.25) is 19.3 Å². The van der Waals surface area contributed by atoms with Crippen molar-refractivity contribution in [3.05, 3.63) is 29.6 Å². The summed E-state index contributed by atoms with van der Waals surface area (Å²) in [5.41, 5.74) is 1.05. The van der Waals surface area contributed by atoms with Gasteiger partial charge in [-0.1, -0.05) is 6.07 Å². The van der Waals surface area contributed by atoms with Gasteiger partial charge in [0.05, 0.1) is 12.5 Å². The Morgan fingerprint density at radius 1 is 1.00 bits per heavy atom. The van der Waals surface area contributed by atoms with Crippen LogP contribution in [0.1, 0.15) is 37.2 Å². The molecule has 7 nitrogen and oxygen atoms in total. The highest BCUT2D eigenvalue weighted by atomic mass is 19.1. The normalized spacial score (nSPS) is 22.8. The number of likely N-dealkylation sites (tertiary alicyclic amines) is 1. The molecule has 3 aliphatic heterocycles. The van der Waals surface area contributed by atoms with Gasteiger partial charge in [0, 0.05) is 51.4 Å². The summed E-state index contributed by atoms with van der Waals surface area (Å²) in [6.07, 6.45) is 3.02. The molecular formula is C21H27FN4O3. The standard InChI is InChI=1S/C21H27FN4O3/c22-15-4-5-16-17(13-19(27)23-18(16)12-15)21(29)26-9-3-6-24(10-11-26)14-20(28)25-7-1-2-8-25/h4-5,12,17H,1-3,6-11,13-14H2,(H,23,27). The monoisotopic (exact) mass is 402 g/mol. The number of fused-ring (bicyclic) bond motifs is 1. The summed E-state index contributed by atoms with van der Waals surface area (Å²) in [5.74, 6) is -1.22.